The molecule has 0 spiro atoms. The fraction of sp³-hybridized carbons (Fsp3) is 0.0690. The number of ketones is 1. The van der Waals surface area contributed by atoms with Crippen LogP contribution in [0.3, 0.4) is 0 Å². The smallest absolute Gasteiger partial charge is 0.359 e. The van der Waals surface area contributed by atoms with Gasteiger partial charge >= 0.3 is 11.9 Å². The van der Waals surface area contributed by atoms with Crippen molar-refractivity contribution >= 4 is 28.5 Å². The number of carbonyl (C=O) groups excluding carboxylic acids is 3. The van der Waals surface area contributed by atoms with Crippen molar-refractivity contribution in [3.63, 3.8) is 0 Å². The third-order valence-corrected chi connectivity index (χ3v) is 5.46. The molecule has 1 atom stereocenters. The van der Waals surface area contributed by atoms with Gasteiger partial charge in [0.1, 0.15) is 0 Å². The molecule has 0 radical (unpaired) electrons. The lowest BCUT2D eigenvalue weighted by atomic mass is 9.90. The lowest BCUT2D eigenvalue weighted by Crippen LogP contribution is -2.40. The molecule has 0 aromatic heterocycles. The van der Waals surface area contributed by atoms with Gasteiger partial charge in [-0.2, -0.15) is 0 Å². The molecule has 0 amide bonds. The van der Waals surface area contributed by atoms with E-state index in [9.17, 15) is 14.4 Å². The van der Waals surface area contributed by atoms with Crippen LogP contribution in [0.15, 0.2) is 115 Å². The highest BCUT2D eigenvalue weighted by atomic mass is 16.6. The summed E-state index contributed by atoms with van der Waals surface area (Å²) in [6.45, 7) is 0. The molecule has 5 heteroatoms. The zero-order valence-corrected chi connectivity index (χ0v) is 18.5. The number of esters is 2. The Labute approximate surface area is 197 Å². The summed E-state index contributed by atoms with van der Waals surface area (Å²) in [6, 6.07) is 29.8. The van der Waals surface area contributed by atoms with Gasteiger partial charge in [-0.3, -0.25) is 4.79 Å². The van der Waals surface area contributed by atoms with Crippen molar-refractivity contribution in [1.82, 2.24) is 0 Å². The quantitative estimate of drug-likeness (QED) is 0.211. The van der Waals surface area contributed by atoms with Crippen LogP contribution in [0.2, 0.25) is 0 Å². The number of benzene rings is 4. The van der Waals surface area contributed by atoms with Gasteiger partial charge in [-0.25, -0.2) is 9.59 Å². The molecular formula is C29H22O5. The maximum atomic E-state index is 13.2. The number of hydrogen-bond donors (Lipinski definition) is 0. The fourth-order valence-corrected chi connectivity index (χ4v) is 3.66. The van der Waals surface area contributed by atoms with Gasteiger partial charge in [0, 0.05) is 11.1 Å². The molecule has 5 nitrogen and oxygen atoms in total. The summed E-state index contributed by atoms with van der Waals surface area (Å²) in [4.78, 5) is 39.1. The lowest BCUT2D eigenvalue weighted by molar-refractivity contribution is -0.159. The third kappa shape index (κ3) is 4.64. The number of allylic oxidation sites excluding steroid dienone is 1. The van der Waals surface area contributed by atoms with E-state index in [0.29, 0.717) is 11.1 Å². The zero-order valence-electron chi connectivity index (χ0n) is 18.5. The van der Waals surface area contributed by atoms with Gasteiger partial charge in [0.25, 0.3) is 5.60 Å². The predicted molar refractivity (Wildman–Crippen MR) is 129 cm³/mol. The third-order valence-electron chi connectivity index (χ3n) is 5.46. The largest absolute Gasteiger partial charge is 0.466 e. The Hall–Kier alpha value is -4.51. The molecule has 0 N–H and O–H groups in total. The summed E-state index contributed by atoms with van der Waals surface area (Å²) in [5.74, 6) is -1.90. The molecule has 0 saturated heterocycles. The highest BCUT2D eigenvalue weighted by molar-refractivity contribution is 6.05. The van der Waals surface area contributed by atoms with Crippen LogP contribution in [0.25, 0.3) is 10.8 Å². The van der Waals surface area contributed by atoms with Crippen molar-refractivity contribution in [2.45, 2.75) is 5.60 Å². The molecule has 4 aromatic rings. The van der Waals surface area contributed by atoms with Gasteiger partial charge in [-0.15, -0.1) is 0 Å². The molecule has 0 saturated carbocycles. The first kappa shape index (κ1) is 22.7. The second-order valence-corrected chi connectivity index (χ2v) is 7.61. The number of ether oxygens (including phenoxy) is 2. The molecule has 4 aromatic carbocycles. The van der Waals surface area contributed by atoms with Crippen LogP contribution in [0.5, 0.6) is 0 Å². The van der Waals surface area contributed by atoms with Crippen LogP contribution in [-0.4, -0.2) is 24.8 Å². The van der Waals surface area contributed by atoms with Crippen LogP contribution < -0.4 is 0 Å². The van der Waals surface area contributed by atoms with Crippen LogP contribution in [-0.2, 0) is 19.9 Å². The summed E-state index contributed by atoms with van der Waals surface area (Å²) >= 11 is 0. The minimum atomic E-state index is -1.98. The Kier molecular flexibility index (Phi) is 6.64. The average Bonchev–Trinajstić information content (AvgIpc) is 2.91. The van der Waals surface area contributed by atoms with Gasteiger partial charge in [0.05, 0.1) is 12.7 Å². The van der Waals surface area contributed by atoms with E-state index >= 15 is 0 Å². The maximum Gasteiger partial charge on any atom is 0.359 e. The van der Waals surface area contributed by atoms with E-state index in [-0.39, 0.29) is 11.3 Å². The SMILES string of the molecule is COC(=O)C(/C=C/C(=O)c1ccccc1)(OC(=O)c1ccccc1)c1ccc2ccccc2c1. The molecule has 1 unspecified atom stereocenters. The molecule has 168 valence electrons. The summed E-state index contributed by atoms with van der Waals surface area (Å²) in [7, 11) is 1.21. The van der Waals surface area contributed by atoms with Crippen LogP contribution >= 0.6 is 0 Å². The van der Waals surface area contributed by atoms with Gasteiger partial charge in [-0.1, -0.05) is 84.9 Å². The highest BCUT2D eigenvalue weighted by Crippen LogP contribution is 2.33. The lowest BCUT2D eigenvalue weighted by Gasteiger charge is -2.28. The van der Waals surface area contributed by atoms with Crippen molar-refractivity contribution in [3.8, 4) is 0 Å². The van der Waals surface area contributed by atoms with E-state index in [1.165, 1.54) is 19.3 Å². The molecular weight excluding hydrogens is 428 g/mol. The van der Waals surface area contributed by atoms with Crippen molar-refractivity contribution in [1.29, 1.82) is 0 Å². The fourth-order valence-electron chi connectivity index (χ4n) is 3.66. The number of carbonyl (C=O) groups is 3. The number of fused-ring (bicyclic) bond motifs is 1. The first-order chi connectivity index (χ1) is 16.5. The second-order valence-electron chi connectivity index (χ2n) is 7.61. The molecule has 0 aliphatic carbocycles. The molecule has 34 heavy (non-hydrogen) atoms. The van der Waals surface area contributed by atoms with E-state index in [1.54, 1.807) is 72.8 Å². The van der Waals surface area contributed by atoms with Gasteiger partial charge in [0.2, 0.25) is 0 Å². The Morgan fingerprint density at radius 3 is 1.94 bits per heavy atom. The monoisotopic (exact) mass is 450 g/mol. The minimum Gasteiger partial charge on any atom is -0.466 e. The Balaban J connectivity index is 1.85. The van der Waals surface area contributed by atoms with E-state index in [4.69, 9.17) is 9.47 Å². The zero-order chi connectivity index (χ0) is 24.0. The van der Waals surface area contributed by atoms with Gasteiger partial charge in [0.15, 0.2) is 5.78 Å². The first-order valence-corrected chi connectivity index (χ1v) is 10.7. The molecule has 0 heterocycles. The summed E-state index contributed by atoms with van der Waals surface area (Å²) < 4.78 is 10.9. The normalized spacial score (nSPS) is 12.7. The minimum absolute atomic E-state index is 0.263. The number of hydrogen-bond acceptors (Lipinski definition) is 5. The standard InChI is InChI=1S/C29H22O5/c1-33-28(32)29(34-27(31)23-13-6-3-7-14-23,19-18-26(30)22-11-4-2-5-12-22)25-17-16-21-10-8-9-15-24(21)20-25/h2-20H,1H3/b19-18+. The van der Waals surface area contributed by atoms with Gasteiger partial charge in [-0.05, 0) is 41.1 Å². The Morgan fingerprint density at radius 2 is 1.29 bits per heavy atom. The first-order valence-electron chi connectivity index (χ1n) is 10.7. The van der Waals surface area contributed by atoms with Gasteiger partial charge < -0.3 is 9.47 Å². The molecule has 0 fully saturated rings. The number of methoxy groups -OCH3 is 1. The van der Waals surface area contributed by atoms with Crippen LogP contribution in [0, 0.1) is 0 Å². The average molecular weight is 450 g/mol. The molecule has 0 bridgehead atoms. The summed E-state index contributed by atoms with van der Waals surface area (Å²) in [5, 5.41) is 1.79. The van der Waals surface area contributed by atoms with Crippen LogP contribution in [0.4, 0.5) is 0 Å². The number of rotatable bonds is 7. The molecule has 0 aliphatic heterocycles. The van der Waals surface area contributed by atoms with E-state index < -0.39 is 17.5 Å². The predicted octanol–water partition coefficient (Wildman–Crippen LogP) is 5.50. The van der Waals surface area contributed by atoms with Crippen LogP contribution in [0.1, 0.15) is 26.3 Å². The Morgan fingerprint density at radius 1 is 0.706 bits per heavy atom. The molecule has 4 rings (SSSR count). The second kappa shape index (κ2) is 9.96. The van der Waals surface area contributed by atoms with Crippen molar-refractivity contribution in [3.05, 3.63) is 132 Å². The van der Waals surface area contributed by atoms with E-state index in [2.05, 4.69) is 0 Å². The molecule has 0 aliphatic rings. The maximum absolute atomic E-state index is 13.2. The highest BCUT2D eigenvalue weighted by Gasteiger charge is 2.44. The van der Waals surface area contributed by atoms with Crippen molar-refractivity contribution < 1.29 is 23.9 Å². The summed E-state index contributed by atoms with van der Waals surface area (Å²) in [5.41, 5.74) is -0.917. The Bertz CT molecular complexity index is 1360. The van der Waals surface area contributed by atoms with Crippen molar-refractivity contribution in [2.75, 3.05) is 7.11 Å². The van der Waals surface area contributed by atoms with E-state index in [0.717, 1.165) is 10.8 Å². The topological polar surface area (TPSA) is 69.7 Å². The van der Waals surface area contributed by atoms with Crippen molar-refractivity contribution in [2.24, 2.45) is 0 Å². The van der Waals surface area contributed by atoms with E-state index in [1.807, 2.05) is 30.3 Å². The summed E-state index contributed by atoms with van der Waals surface area (Å²) in [6.07, 6.45) is 2.53.